The van der Waals surface area contributed by atoms with Crippen molar-refractivity contribution in [3.05, 3.63) is 40.9 Å². The zero-order valence-electron chi connectivity index (χ0n) is 11.6. The molecule has 0 saturated carbocycles. The third-order valence-corrected chi connectivity index (χ3v) is 3.51. The van der Waals surface area contributed by atoms with Gasteiger partial charge in [0.2, 0.25) is 0 Å². The van der Waals surface area contributed by atoms with Crippen molar-refractivity contribution in [1.82, 2.24) is 10.3 Å². The Hall–Kier alpha value is -1.30. The first kappa shape index (κ1) is 16.8. The molecule has 0 aliphatic rings. The van der Waals surface area contributed by atoms with E-state index in [2.05, 4.69) is 30.2 Å². The Bertz CT molecular complexity index is 533. The summed E-state index contributed by atoms with van der Waals surface area (Å²) < 4.78 is 5.74. The highest BCUT2D eigenvalue weighted by Crippen LogP contribution is 2.14. The molecular formula is C14H20ClN3OS. The summed E-state index contributed by atoms with van der Waals surface area (Å²) in [5, 5.41) is 4.00. The number of nitrogen functional groups attached to an aromatic ring is 1. The Balaban J connectivity index is 0.00000200. The molecule has 0 aliphatic carbocycles. The number of benzene rings is 1. The summed E-state index contributed by atoms with van der Waals surface area (Å²) in [5.74, 6) is 0.913. The highest BCUT2D eigenvalue weighted by atomic mass is 35.5. The van der Waals surface area contributed by atoms with Crippen molar-refractivity contribution in [3.8, 4) is 5.75 Å². The number of aromatic nitrogens is 1. The average Bonchev–Trinajstić information content (AvgIpc) is 2.80. The first-order valence-corrected chi connectivity index (χ1v) is 7.08. The topological polar surface area (TPSA) is 60.2 Å². The van der Waals surface area contributed by atoms with Gasteiger partial charge in [0.1, 0.15) is 12.4 Å². The SMILES string of the molecule is Cc1cccc(OCC(C)NCc2cnc(N)s2)c1.Cl. The monoisotopic (exact) mass is 313 g/mol. The van der Waals surface area contributed by atoms with E-state index in [0.717, 1.165) is 17.2 Å². The van der Waals surface area contributed by atoms with Gasteiger partial charge in [-0.1, -0.05) is 12.1 Å². The van der Waals surface area contributed by atoms with E-state index in [4.69, 9.17) is 10.5 Å². The quantitative estimate of drug-likeness (QED) is 0.860. The van der Waals surface area contributed by atoms with Crippen LogP contribution in [-0.4, -0.2) is 17.6 Å². The lowest BCUT2D eigenvalue weighted by atomic mass is 10.2. The molecule has 1 heterocycles. The molecule has 3 N–H and O–H groups in total. The lowest BCUT2D eigenvalue weighted by Gasteiger charge is -2.14. The van der Waals surface area contributed by atoms with Crippen molar-refractivity contribution in [2.24, 2.45) is 0 Å². The van der Waals surface area contributed by atoms with E-state index in [0.29, 0.717) is 11.7 Å². The van der Waals surface area contributed by atoms with Crippen molar-refractivity contribution in [3.63, 3.8) is 0 Å². The maximum Gasteiger partial charge on any atom is 0.180 e. The molecule has 2 rings (SSSR count). The number of nitrogens with one attached hydrogen (secondary N) is 1. The Labute approximate surface area is 129 Å². The van der Waals surface area contributed by atoms with Gasteiger partial charge in [0.15, 0.2) is 5.13 Å². The number of anilines is 1. The summed E-state index contributed by atoms with van der Waals surface area (Å²) in [5.41, 5.74) is 6.80. The minimum absolute atomic E-state index is 0. The number of nitrogens with two attached hydrogens (primary N) is 1. The fourth-order valence-electron chi connectivity index (χ4n) is 1.66. The number of aryl methyl sites for hydroxylation is 1. The van der Waals surface area contributed by atoms with E-state index in [9.17, 15) is 0 Å². The van der Waals surface area contributed by atoms with Crippen LogP contribution in [-0.2, 0) is 6.54 Å². The van der Waals surface area contributed by atoms with Gasteiger partial charge >= 0.3 is 0 Å². The van der Waals surface area contributed by atoms with Crippen molar-refractivity contribution < 1.29 is 4.74 Å². The summed E-state index contributed by atoms with van der Waals surface area (Å²) >= 11 is 1.51. The van der Waals surface area contributed by atoms with E-state index >= 15 is 0 Å². The summed E-state index contributed by atoms with van der Waals surface area (Å²) in [6.45, 7) is 5.56. The predicted molar refractivity (Wildman–Crippen MR) is 86.8 cm³/mol. The van der Waals surface area contributed by atoms with Gasteiger partial charge in [-0.25, -0.2) is 4.98 Å². The second-order valence-electron chi connectivity index (χ2n) is 4.57. The molecule has 4 nitrogen and oxygen atoms in total. The number of halogens is 1. The Morgan fingerprint density at radius 1 is 1.45 bits per heavy atom. The van der Waals surface area contributed by atoms with Gasteiger partial charge in [-0.2, -0.15) is 0 Å². The number of ether oxygens (including phenoxy) is 1. The third-order valence-electron chi connectivity index (χ3n) is 2.69. The molecule has 2 aromatic rings. The number of thiazole rings is 1. The van der Waals surface area contributed by atoms with Crippen LogP contribution in [0.1, 0.15) is 17.4 Å². The number of hydrogen-bond donors (Lipinski definition) is 2. The molecule has 0 amide bonds. The third kappa shape index (κ3) is 5.36. The van der Waals surface area contributed by atoms with Crippen LogP contribution in [0.2, 0.25) is 0 Å². The smallest absolute Gasteiger partial charge is 0.180 e. The van der Waals surface area contributed by atoms with Crippen LogP contribution in [0.5, 0.6) is 5.75 Å². The Morgan fingerprint density at radius 2 is 2.25 bits per heavy atom. The highest BCUT2D eigenvalue weighted by molar-refractivity contribution is 7.15. The lowest BCUT2D eigenvalue weighted by Crippen LogP contribution is -2.31. The van der Waals surface area contributed by atoms with Gasteiger partial charge in [-0.05, 0) is 31.5 Å². The molecule has 0 fully saturated rings. The van der Waals surface area contributed by atoms with Gasteiger partial charge in [0, 0.05) is 23.7 Å². The maximum atomic E-state index is 5.74. The van der Waals surface area contributed by atoms with E-state index in [1.165, 1.54) is 16.9 Å². The molecule has 0 bridgehead atoms. The van der Waals surface area contributed by atoms with Crippen molar-refractivity contribution in [1.29, 1.82) is 0 Å². The first-order chi connectivity index (χ1) is 9.13. The molecule has 1 aromatic carbocycles. The van der Waals surface area contributed by atoms with E-state index in [1.807, 2.05) is 18.2 Å². The maximum absolute atomic E-state index is 5.74. The van der Waals surface area contributed by atoms with Crippen molar-refractivity contribution >= 4 is 28.9 Å². The molecule has 0 radical (unpaired) electrons. The number of nitrogens with zero attached hydrogens (tertiary/aromatic N) is 1. The van der Waals surface area contributed by atoms with Gasteiger partial charge in [-0.3, -0.25) is 0 Å². The fraction of sp³-hybridized carbons (Fsp3) is 0.357. The summed E-state index contributed by atoms with van der Waals surface area (Å²) in [7, 11) is 0. The second kappa shape index (κ2) is 8.09. The van der Waals surface area contributed by atoms with Crippen LogP contribution in [0.15, 0.2) is 30.5 Å². The minimum atomic E-state index is 0. The molecule has 0 saturated heterocycles. The standard InChI is InChI=1S/C14H19N3OS.ClH/c1-10-4-3-5-12(6-10)18-9-11(2)16-7-13-8-17-14(15)19-13;/h3-6,8,11,16H,7,9H2,1-2H3,(H2,15,17);1H. The van der Waals surface area contributed by atoms with Crippen LogP contribution in [0.25, 0.3) is 0 Å². The van der Waals surface area contributed by atoms with Gasteiger partial charge in [0.05, 0.1) is 0 Å². The van der Waals surface area contributed by atoms with Gasteiger partial charge in [0.25, 0.3) is 0 Å². The number of hydrogen-bond acceptors (Lipinski definition) is 5. The van der Waals surface area contributed by atoms with E-state index in [1.54, 1.807) is 6.20 Å². The molecule has 1 aromatic heterocycles. The van der Waals surface area contributed by atoms with Crippen LogP contribution >= 0.6 is 23.7 Å². The summed E-state index contributed by atoms with van der Waals surface area (Å²) in [6, 6.07) is 8.34. The van der Waals surface area contributed by atoms with E-state index < -0.39 is 0 Å². The largest absolute Gasteiger partial charge is 0.492 e. The highest BCUT2D eigenvalue weighted by Gasteiger charge is 2.05. The summed E-state index contributed by atoms with van der Waals surface area (Å²) in [4.78, 5) is 5.16. The minimum Gasteiger partial charge on any atom is -0.492 e. The van der Waals surface area contributed by atoms with Gasteiger partial charge < -0.3 is 15.8 Å². The zero-order valence-corrected chi connectivity index (χ0v) is 13.3. The number of rotatable bonds is 6. The second-order valence-corrected chi connectivity index (χ2v) is 5.72. The lowest BCUT2D eigenvalue weighted by molar-refractivity contribution is 0.272. The van der Waals surface area contributed by atoms with Crippen LogP contribution in [0.3, 0.4) is 0 Å². The zero-order chi connectivity index (χ0) is 13.7. The molecule has 0 aliphatic heterocycles. The Morgan fingerprint density at radius 3 is 2.90 bits per heavy atom. The normalized spacial score (nSPS) is 11.7. The Kier molecular flexibility index (Phi) is 6.78. The molecule has 0 spiro atoms. The van der Waals surface area contributed by atoms with E-state index in [-0.39, 0.29) is 18.4 Å². The first-order valence-electron chi connectivity index (χ1n) is 6.26. The molecule has 1 unspecified atom stereocenters. The molecule has 1 atom stereocenters. The fourth-order valence-corrected chi connectivity index (χ4v) is 2.30. The summed E-state index contributed by atoms with van der Waals surface area (Å²) in [6.07, 6.45) is 1.81. The molecular weight excluding hydrogens is 294 g/mol. The van der Waals surface area contributed by atoms with Crippen LogP contribution < -0.4 is 15.8 Å². The van der Waals surface area contributed by atoms with Crippen LogP contribution in [0, 0.1) is 6.92 Å². The average molecular weight is 314 g/mol. The van der Waals surface area contributed by atoms with Crippen molar-refractivity contribution in [2.75, 3.05) is 12.3 Å². The molecule has 6 heteroatoms. The molecule has 20 heavy (non-hydrogen) atoms. The van der Waals surface area contributed by atoms with Crippen molar-refractivity contribution in [2.45, 2.75) is 26.4 Å². The molecule has 110 valence electrons. The van der Waals surface area contributed by atoms with Crippen LogP contribution in [0.4, 0.5) is 5.13 Å². The predicted octanol–water partition coefficient (Wildman–Crippen LogP) is 3.01. The van der Waals surface area contributed by atoms with Gasteiger partial charge in [-0.15, -0.1) is 23.7 Å².